The minimum absolute atomic E-state index is 0.0379. The third kappa shape index (κ3) is 3.51. The Labute approximate surface area is 133 Å². The summed E-state index contributed by atoms with van der Waals surface area (Å²) in [6, 6.07) is 10.8. The molecular weight excluding hydrogens is 276 g/mol. The Balaban J connectivity index is 1.67. The number of benzene rings is 1. The van der Waals surface area contributed by atoms with Gasteiger partial charge in [0.1, 0.15) is 0 Å². The summed E-state index contributed by atoms with van der Waals surface area (Å²) in [6.07, 6.45) is 1.82. The summed E-state index contributed by atoms with van der Waals surface area (Å²) in [5.74, 6) is 0. The normalized spacial score (nSPS) is 31.0. The summed E-state index contributed by atoms with van der Waals surface area (Å²) < 4.78 is 0. The zero-order valence-electron chi connectivity index (χ0n) is 13.9. The standard InChI is InChI=1S/C18H28N2O2/c1-18(2,3)20-10-9-17(22-20)16-11-15(21)13-19(16)12-14-7-5-4-6-8-14/h4-8,15-17,21H,9-13H2,1-3H3/t15-,16+,17+/m1/s1. The first-order valence-electron chi connectivity index (χ1n) is 8.34. The molecule has 0 radical (unpaired) electrons. The lowest BCUT2D eigenvalue weighted by Crippen LogP contribution is -2.42. The van der Waals surface area contributed by atoms with Crippen LogP contribution in [0.3, 0.4) is 0 Å². The van der Waals surface area contributed by atoms with Gasteiger partial charge in [-0.25, -0.2) is 0 Å². The van der Waals surface area contributed by atoms with Crippen LogP contribution in [0, 0.1) is 0 Å². The molecule has 2 heterocycles. The van der Waals surface area contributed by atoms with Crippen molar-refractivity contribution in [1.82, 2.24) is 9.96 Å². The number of hydrogen-bond acceptors (Lipinski definition) is 4. The topological polar surface area (TPSA) is 35.9 Å². The van der Waals surface area contributed by atoms with Crippen molar-refractivity contribution in [3.05, 3.63) is 35.9 Å². The third-order valence-electron chi connectivity index (χ3n) is 4.71. The number of aliphatic hydroxyl groups excluding tert-OH is 1. The molecule has 0 amide bonds. The highest BCUT2D eigenvalue weighted by molar-refractivity contribution is 5.15. The molecule has 3 rings (SSSR count). The fourth-order valence-electron chi connectivity index (χ4n) is 3.56. The van der Waals surface area contributed by atoms with E-state index in [-0.39, 0.29) is 17.7 Å². The molecule has 1 aromatic carbocycles. The van der Waals surface area contributed by atoms with E-state index in [4.69, 9.17) is 4.84 Å². The largest absolute Gasteiger partial charge is 0.392 e. The van der Waals surface area contributed by atoms with Crippen LogP contribution in [0.1, 0.15) is 39.2 Å². The van der Waals surface area contributed by atoms with Gasteiger partial charge in [-0.1, -0.05) is 30.3 Å². The van der Waals surface area contributed by atoms with E-state index in [1.165, 1.54) is 5.56 Å². The van der Waals surface area contributed by atoms with Crippen molar-refractivity contribution >= 4 is 0 Å². The molecule has 0 bridgehead atoms. The quantitative estimate of drug-likeness (QED) is 0.930. The summed E-state index contributed by atoms with van der Waals surface area (Å²) in [4.78, 5) is 8.59. The van der Waals surface area contributed by atoms with Crippen LogP contribution in [0.25, 0.3) is 0 Å². The van der Waals surface area contributed by atoms with Crippen LogP contribution in [0.15, 0.2) is 30.3 Å². The highest BCUT2D eigenvalue weighted by atomic mass is 16.7. The number of hydroxylamine groups is 2. The first-order valence-corrected chi connectivity index (χ1v) is 8.34. The van der Waals surface area contributed by atoms with Crippen molar-refractivity contribution in [3.8, 4) is 0 Å². The van der Waals surface area contributed by atoms with Crippen molar-refractivity contribution in [2.24, 2.45) is 0 Å². The van der Waals surface area contributed by atoms with Gasteiger partial charge in [0.2, 0.25) is 0 Å². The molecular formula is C18H28N2O2. The molecule has 0 spiro atoms. The van der Waals surface area contributed by atoms with E-state index in [1.807, 2.05) is 6.07 Å². The fraction of sp³-hybridized carbons (Fsp3) is 0.667. The van der Waals surface area contributed by atoms with E-state index in [2.05, 4.69) is 55.0 Å². The molecule has 2 fully saturated rings. The van der Waals surface area contributed by atoms with E-state index in [0.717, 1.165) is 32.5 Å². The minimum atomic E-state index is -0.235. The Morgan fingerprint density at radius 1 is 1.23 bits per heavy atom. The molecule has 122 valence electrons. The Morgan fingerprint density at radius 2 is 1.95 bits per heavy atom. The van der Waals surface area contributed by atoms with Gasteiger partial charge in [-0.15, -0.1) is 0 Å². The Hall–Kier alpha value is -0.940. The molecule has 2 aliphatic heterocycles. The van der Waals surface area contributed by atoms with Crippen molar-refractivity contribution in [1.29, 1.82) is 0 Å². The third-order valence-corrected chi connectivity index (χ3v) is 4.71. The molecule has 0 saturated carbocycles. The maximum atomic E-state index is 10.1. The van der Waals surface area contributed by atoms with Gasteiger partial charge >= 0.3 is 0 Å². The van der Waals surface area contributed by atoms with Crippen LogP contribution in [0.4, 0.5) is 0 Å². The highest BCUT2D eigenvalue weighted by Crippen LogP contribution is 2.32. The van der Waals surface area contributed by atoms with Gasteiger partial charge < -0.3 is 5.11 Å². The van der Waals surface area contributed by atoms with Crippen molar-refractivity contribution in [2.75, 3.05) is 13.1 Å². The van der Waals surface area contributed by atoms with Crippen LogP contribution in [0.2, 0.25) is 0 Å². The molecule has 22 heavy (non-hydrogen) atoms. The van der Waals surface area contributed by atoms with E-state index >= 15 is 0 Å². The summed E-state index contributed by atoms with van der Waals surface area (Å²) in [6.45, 7) is 9.15. The maximum Gasteiger partial charge on any atom is 0.0962 e. The lowest BCUT2D eigenvalue weighted by atomic mass is 10.0. The number of β-amino-alcohol motifs (C(OH)–C–C–N with tert-alkyl or cyclic N) is 1. The number of likely N-dealkylation sites (tertiary alicyclic amines) is 1. The van der Waals surface area contributed by atoms with Gasteiger partial charge in [0.25, 0.3) is 0 Å². The van der Waals surface area contributed by atoms with Gasteiger partial charge in [-0.05, 0) is 39.2 Å². The van der Waals surface area contributed by atoms with Gasteiger partial charge in [0.05, 0.1) is 12.2 Å². The van der Waals surface area contributed by atoms with Crippen LogP contribution >= 0.6 is 0 Å². The predicted molar refractivity (Wildman–Crippen MR) is 87.2 cm³/mol. The zero-order valence-corrected chi connectivity index (χ0v) is 13.9. The highest BCUT2D eigenvalue weighted by Gasteiger charge is 2.42. The van der Waals surface area contributed by atoms with Crippen LogP contribution in [0.5, 0.6) is 0 Å². The minimum Gasteiger partial charge on any atom is -0.392 e. The lowest BCUT2D eigenvalue weighted by molar-refractivity contribution is -0.205. The van der Waals surface area contributed by atoms with Crippen molar-refractivity contribution in [3.63, 3.8) is 0 Å². The average molecular weight is 304 g/mol. The fourth-order valence-corrected chi connectivity index (χ4v) is 3.56. The number of nitrogens with zero attached hydrogens (tertiary/aromatic N) is 2. The van der Waals surface area contributed by atoms with E-state index in [1.54, 1.807) is 0 Å². The van der Waals surface area contributed by atoms with Gasteiger partial charge in [0, 0.05) is 31.2 Å². The number of aliphatic hydroxyl groups is 1. The average Bonchev–Trinajstić information content (AvgIpc) is 3.06. The van der Waals surface area contributed by atoms with Crippen LogP contribution < -0.4 is 0 Å². The Bertz CT molecular complexity index is 486. The first kappa shape index (κ1) is 15.9. The number of rotatable bonds is 3. The second kappa shape index (κ2) is 6.28. The molecule has 0 aliphatic carbocycles. The summed E-state index contributed by atoms with van der Waals surface area (Å²) in [5, 5.41) is 12.2. The molecule has 0 unspecified atom stereocenters. The van der Waals surface area contributed by atoms with Crippen molar-refractivity contribution in [2.45, 2.75) is 63.9 Å². The molecule has 2 saturated heterocycles. The van der Waals surface area contributed by atoms with E-state index in [9.17, 15) is 5.11 Å². The van der Waals surface area contributed by atoms with E-state index in [0.29, 0.717) is 6.04 Å². The number of hydrogen-bond donors (Lipinski definition) is 1. The summed E-state index contributed by atoms with van der Waals surface area (Å²) in [7, 11) is 0. The van der Waals surface area contributed by atoms with Gasteiger partial charge in [-0.2, -0.15) is 5.06 Å². The van der Waals surface area contributed by atoms with Gasteiger partial charge in [-0.3, -0.25) is 9.74 Å². The summed E-state index contributed by atoms with van der Waals surface area (Å²) in [5.41, 5.74) is 1.34. The monoisotopic (exact) mass is 304 g/mol. The molecule has 3 atom stereocenters. The SMILES string of the molecule is CC(C)(C)N1CC[C@@H]([C@@H]2C[C@@H](O)CN2Cc2ccccc2)O1. The zero-order chi connectivity index (χ0) is 15.7. The maximum absolute atomic E-state index is 10.1. The smallest absolute Gasteiger partial charge is 0.0962 e. The van der Waals surface area contributed by atoms with Crippen LogP contribution in [-0.2, 0) is 11.4 Å². The first-order chi connectivity index (χ1) is 10.4. The summed E-state index contributed by atoms with van der Waals surface area (Å²) >= 11 is 0. The van der Waals surface area contributed by atoms with Gasteiger partial charge in [0.15, 0.2) is 0 Å². The van der Waals surface area contributed by atoms with Crippen molar-refractivity contribution < 1.29 is 9.94 Å². The van der Waals surface area contributed by atoms with E-state index < -0.39 is 0 Å². The molecule has 1 N–H and O–H groups in total. The second-order valence-corrected chi connectivity index (χ2v) is 7.58. The Kier molecular flexibility index (Phi) is 4.55. The lowest BCUT2D eigenvalue weighted by Gasteiger charge is -2.33. The molecule has 4 heteroatoms. The molecule has 2 aliphatic rings. The molecule has 1 aromatic rings. The predicted octanol–water partition coefficient (Wildman–Crippen LogP) is 2.43. The second-order valence-electron chi connectivity index (χ2n) is 7.58. The molecule has 0 aromatic heterocycles. The van der Waals surface area contributed by atoms with Crippen LogP contribution in [-0.4, -0.2) is 51.9 Å². The molecule has 4 nitrogen and oxygen atoms in total. The Morgan fingerprint density at radius 3 is 2.59 bits per heavy atom.